The lowest BCUT2D eigenvalue weighted by Crippen LogP contribution is -2.52. The number of carbonyl (C=O) groups excluding carboxylic acids is 1. The second-order valence-corrected chi connectivity index (χ2v) is 8.37. The van der Waals surface area contributed by atoms with Crippen LogP contribution in [0.3, 0.4) is 0 Å². The van der Waals surface area contributed by atoms with E-state index >= 15 is 0 Å². The first kappa shape index (κ1) is 20.3. The molecule has 1 N–H and O–H groups in total. The first-order valence-corrected chi connectivity index (χ1v) is 10.1. The molecule has 1 aliphatic rings. The fourth-order valence-electron chi connectivity index (χ4n) is 2.79. The van der Waals surface area contributed by atoms with Gasteiger partial charge < -0.3 is 10.0 Å². The number of amides is 1. The summed E-state index contributed by atoms with van der Waals surface area (Å²) < 4.78 is 26.5. The molecular weight excluding hydrogens is 358 g/mol. The zero-order chi connectivity index (χ0) is 19.2. The van der Waals surface area contributed by atoms with Crippen molar-refractivity contribution in [2.45, 2.75) is 12.2 Å². The largest absolute Gasteiger partial charge is 0.481 e. The van der Waals surface area contributed by atoms with Crippen molar-refractivity contribution in [3.63, 3.8) is 0 Å². The van der Waals surface area contributed by atoms with Gasteiger partial charge in [-0.15, -0.1) is 0 Å². The van der Waals surface area contributed by atoms with Gasteiger partial charge >= 0.3 is 5.97 Å². The second-order valence-electron chi connectivity index (χ2n) is 6.40. The molecule has 2 rings (SSSR count). The molecule has 1 aromatic rings. The van der Waals surface area contributed by atoms with Gasteiger partial charge in [-0.05, 0) is 12.6 Å². The molecule has 0 aliphatic carbocycles. The molecule has 0 unspecified atom stereocenters. The Balaban J connectivity index is 1.82. The van der Waals surface area contributed by atoms with E-state index in [1.807, 2.05) is 18.2 Å². The van der Waals surface area contributed by atoms with Crippen LogP contribution in [-0.4, -0.2) is 85.8 Å². The fraction of sp³-hybridized carbons (Fsp3) is 0.529. The van der Waals surface area contributed by atoms with E-state index in [9.17, 15) is 18.0 Å². The lowest BCUT2D eigenvalue weighted by atomic mass is 10.2. The Labute approximate surface area is 154 Å². The molecule has 1 aliphatic heterocycles. The molecule has 26 heavy (non-hydrogen) atoms. The van der Waals surface area contributed by atoms with Crippen molar-refractivity contribution in [2.75, 3.05) is 46.3 Å². The van der Waals surface area contributed by atoms with Crippen LogP contribution in [0.2, 0.25) is 0 Å². The molecule has 144 valence electrons. The number of hydrogen-bond acceptors (Lipinski definition) is 5. The summed E-state index contributed by atoms with van der Waals surface area (Å²) in [6.07, 6.45) is -0.0186. The molecular formula is C17H25N3O5S. The first-order valence-electron chi connectivity index (χ1n) is 8.48. The van der Waals surface area contributed by atoms with E-state index in [0.717, 1.165) is 5.56 Å². The number of hydrogen-bond donors (Lipinski definition) is 1. The monoisotopic (exact) mass is 383 g/mol. The van der Waals surface area contributed by atoms with Gasteiger partial charge in [-0.1, -0.05) is 30.3 Å². The van der Waals surface area contributed by atoms with Gasteiger partial charge in [-0.2, -0.15) is 4.31 Å². The van der Waals surface area contributed by atoms with E-state index in [1.165, 1.54) is 4.31 Å². The summed E-state index contributed by atoms with van der Waals surface area (Å²) in [5.74, 6) is -1.06. The number of carbonyl (C=O) groups is 2. The predicted octanol–water partition coefficient (Wildman–Crippen LogP) is 0.0671. The van der Waals surface area contributed by atoms with Gasteiger partial charge in [0.25, 0.3) is 0 Å². The van der Waals surface area contributed by atoms with Gasteiger partial charge in [0.1, 0.15) is 0 Å². The van der Waals surface area contributed by atoms with Crippen molar-refractivity contribution in [1.82, 2.24) is 14.1 Å². The van der Waals surface area contributed by atoms with Gasteiger partial charge in [0.15, 0.2) is 0 Å². The molecule has 1 fully saturated rings. The molecule has 0 aromatic heterocycles. The highest BCUT2D eigenvalue weighted by Crippen LogP contribution is 2.13. The Kier molecular flexibility index (Phi) is 7.13. The summed E-state index contributed by atoms with van der Waals surface area (Å²) in [6.45, 7) is 1.68. The molecule has 1 amide bonds. The number of sulfonamides is 1. The Morgan fingerprint density at radius 3 is 2.31 bits per heavy atom. The fourth-order valence-corrected chi connectivity index (χ4v) is 4.30. The van der Waals surface area contributed by atoms with Gasteiger partial charge in [0.2, 0.25) is 15.9 Å². The van der Waals surface area contributed by atoms with E-state index < -0.39 is 16.0 Å². The minimum Gasteiger partial charge on any atom is -0.481 e. The average molecular weight is 383 g/mol. The van der Waals surface area contributed by atoms with E-state index in [0.29, 0.717) is 19.6 Å². The number of aliphatic carboxylic acids is 1. The third kappa shape index (κ3) is 6.08. The van der Waals surface area contributed by atoms with Crippen LogP contribution in [0.5, 0.6) is 0 Å². The molecule has 1 aromatic carbocycles. The normalized spacial score (nSPS) is 16.0. The third-order valence-electron chi connectivity index (χ3n) is 4.29. The Morgan fingerprint density at radius 2 is 1.73 bits per heavy atom. The maximum absolute atomic E-state index is 12.5. The van der Waals surface area contributed by atoms with Crippen molar-refractivity contribution in [3.8, 4) is 0 Å². The summed E-state index contributed by atoms with van der Waals surface area (Å²) >= 11 is 0. The molecule has 0 bridgehead atoms. The second kappa shape index (κ2) is 9.11. The van der Waals surface area contributed by atoms with E-state index in [1.54, 1.807) is 29.0 Å². The number of carboxylic acid groups (broad SMARTS) is 1. The molecule has 1 saturated heterocycles. The molecule has 9 heteroatoms. The smallest absolute Gasteiger partial charge is 0.304 e. The van der Waals surface area contributed by atoms with Crippen LogP contribution >= 0.6 is 0 Å². The molecule has 0 spiro atoms. The first-order chi connectivity index (χ1) is 12.3. The van der Waals surface area contributed by atoms with Gasteiger partial charge in [-0.3, -0.25) is 14.5 Å². The highest BCUT2D eigenvalue weighted by atomic mass is 32.2. The standard InChI is InChI=1S/C17H25N3O5S/c1-18(8-7-17(22)23)13-16(21)19-9-11-20(12-10-19)26(24,25)14-15-5-3-2-4-6-15/h2-6H,7-14H2,1H3,(H,22,23). The van der Waals surface area contributed by atoms with Crippen LogP contribution in [0.15, 0.2) is 30.3 Å². The maximum Gasteiger partial charge on any atom is 0.304 e. The van der Waals surface area contributed by atoms with Crippen molar-refractivity contribution >= 4 is 21.9 Å². The minimum absolute atomic E-state index is 0.0186. The van der Waals surface area contributed by atoms with Gasteiger partial charge in [-0.25, -0.2) is 8.42 Å². The molecule has 1 heterocycles. The van der Waals surface area contributed by atoms with Gasteiger partial charge in [0, 0.05) is 32.7 Å². The number of rotatable bonds is 8. The summed E-state index contributed by atoms with van der Waals surface area (Å²) in [6, 6.07) is 9.02. The van der Waals surface area contributed by atoms with Crippen LogP contribution in [0.1, 0.15) is 12.0 Å². The number of benzene rings is 1. The van der Waals surface area contributed by atoms with Crippen LogP contribution in [0, 0.1) is 0 Å². The Hall–Kier alpha value is -1.97. The topological polar surface area (TPSA) is 98.2 Å². The zero-order valence-corrected chi connectivity index (χ0v) is 15.7. The predicted molar refractivity (Wildman–Crippen MR) is 97.0 cm³/mol. The summed E-state index contributed by atoms with van der Waals surface area (Å²) in [5, 5.41) is 8.67. The summed E-state index contributed by atoms with van der Waals surface area (Å²) in [4.78, 5) is 26.1. The van der Waals surface area contributed by atoms with Crippen LogP contribution in [-0.2, 0) is 25.4 Å². The Bertz CT molecular complexity index is 715. The average Bonchev–Trinajstić information content (AvgIpc) is 2.60. The van der Waals surface area contributed by atoms with Crippen molar-refractivity contribution in [3.05, 3.63) is 35.9 Å². The van der Waals surface area contributed by atoms with Crippen molar-refractivity contribution in [2.24, 2.45) is 0 Å². The van der Waals surface area contributed by atoms with E-state index in [4.69, 9.17) is 5.11 Å². The SMILES string of the molecule is CN(CCC(=O)O)CC(=O)N1CCN(S(=O)(=O)Cc2ccccc2)CC1. The zero-order valence-electron chi connectivity index (χ0n) is 14.9. The van der Waals surface area contributed by atoms with Crippen LogP contribution in [0.4, 0.5) is 0 Å². The molecule has 0 radical (unpaired) electrons. The number of likely N-dealkylation sites (N-methyl/N-ethyl adjacent to an activating group) is 1. The lowest BCUT2D eigenvalue weighted by Gasteiger charge is -2.34. The summed E-state index contributed by atoms with van der Waals surface area (Å²) in [5.41, 5.74) is 0.742. The third-order valence-corrected chi connectivity index (χ3v) is 6.14. The van der Waals surface area contributed by atoms with E-state index in [2.05, 4.69) is 0 Å². The number of carboxylic acids is 1. The van der Waals surface area contributed by atoms with Crippen LogP contribution < -0.4 is 0 Å². The minimum atomic E-state index is -3.41. The Morgan fingerprint density at radius 1 is 1.12 bits per heavy atom. The van der Waals surface area contributed by atoms with Crippen molar-refractivity contribution < 1.29 is 23.1 Å². The lowest BCUT2D eigenvalue weighted by molar-refractivity contribution is -0.138. The highest BCUT2D eigenvalue weighted by Gasteiger charge is 2.29. The van der Waals surface area contributed by atoms with Crippen LogP contribution in [0.25, 0.3) is 0 Å². The highest BCUT2D eigenvalue weighted by molar-refractivity contribution is 7.88. The molecule has 8 nitrogen and oxygen atoms in total. The van der Waals surface area contributed by atoms with E-state index in [-0.39, 0.29) is 37.7 Å². The van der Waals surface area contributed by atoms with Crippen molar-refractivity contribution in [1.29, 1.82) is 0 Å². The quantitative estimate of drug-likeness (QED) is 0.682. The number of piperazine rings is 1. The maximum atomic E-state index is 12.5. The molecule has 0 atom stereocenters. The summed E-state index contributed by atoms with van der Waals surface area (Å²) in [7, 11) is -1.71. The van der Waals surface area contributed by atoms with Gasteiger partial charge in [0.05, 0.1) is 18.7 Å². The number of nitrogens with zero attached hydrogens (tertiary/aromatic N) is 3. The molecule has 0 saturated carbocycles.